The molecule has 2 rings (SSSR count). The van der Waals surface area contributed by atoms with Gasteiger partial charge in [-0.1, -0.05) is 18.7 Å². The van der Waals surface area contributed by atoms with E-state index in [-0.39, 0.29) is 41.1 Å². The summed E-state index contributed by atoms with van der Waals surface area (Å²) < 4.78 is 5.91. The first kappa shape index (κ1) is 21.7. The topological polar surface area (TPSA) is 96.2 Å². The van der Waals surface area contributed by atoms with Crippen molar-refractivity contribution in [1.29, 1.82) is 0 Å². The van der Waals surface area contributed by atoms with E-state index in [1.165, 1.54) is 0 Å². The van der Waals surface area contributed by atoms with Crippen molar-refractivity contribution in [3.8, 4) is 5.75 Å². The maximum absolute atomic E-state index is 12.2. The Bertz CT molecular complexity index is 853. The summed E-state index contributed by atoms with van der Waals surface area (Å²) in [6.45, 7) is 3.64. The highest BCUT2D eigenvalue weighted by molar-refractivity contribution is 9.11. The van der Waals surface area contributed by atoms with Crippen molar-refractivity contribution < 1.29 is 24.5 Å². The largest absolute Gasteiger partial charge is 0.506 e. The highest BCUT2D eigenvalue weighted by Gasteiger charge is 2.33. The number of aliphatic hydroxyl groups is 1. The van der Waals surface area contributed by atoms with E-state index in [9.17, 15) is 19.8 Å². The number of esters is 1. The van der Waals surface area contributed by atoms with E-state index in [4.69, 9.17) is 4.74 Å². The number of amides is 1. The van der Waals surface area contributed by atoms with E-state index in [1.54, 1.807) is 25.1 Å². The molecule has 0 fully saturated rings. The third-order valence-electron chi connectivity index (χ3n) is 3.40. The molecule has 0 radical (unpaired) electrons. The van der Waals surface area contributed by atoms with Crippen molar-refractivity contribution in [3.05, 3.63) is 42.9 Å². The van der Waals surface area contributed by atoms with E-state index in [1.807, 2.05) is 6.92 Å². The maximum Gasteiger partial charge on any atom is 0.344 e. The third kappa shape index (κ3) is 5.24. The zero-order valence-electron chi connectivity index (χ0n) is 14.6. The predicted molar refractivity (Wildman–Crippen MR) is 113 cm³/mol. The lowest BCUT2D eigenvalue weighted by Crippen LogP contribution is -2.14. The summed E-state index contributed by atoms with van der Waals surface area (Å²) in [4.78, 5) is 28.5. The summed E-state index contributed by atoms with van der Waals surface area (Å²) in [5.74, 6) is -1.34. The van der Waals surface area contributed by atoms with Crippen molar-refractivity contribution in [2.75, 3.05) is 6.61 Å². The Morgan fingerprint density at radius 3 is 2.41 bits per heavy atom. The lowest BCUT2D eigenvalue weighted by Gasteiger charge is -2.04. The molecule has 1 aromatic carbocycles. The monoisotopic (exact) mass is 517 g/mol. The number of nitrogens with zero attached hydrogens (tertiary/aromatic N) is 1. The maximum atomic E-state index is 12.2. The van der Waals surface area contributed by atoms with Gasteiger partial charge < -0.3 is 14.9 Å². The van der Waals surface area contributed by atoms with E-state index < -0.39 is 5.97 Å². The quantitative estimate of drug-likeness (QED) is 0.526. The smallest absolute Gasteiger partial charge is 0.344 e. The molecule has 9 heteroatoms. The number of halogens is 2. The van der Waals surface area contributed by atoms with Crippen molar-refractivity contribution in [3.63, 3.8) is 0 Å². The van der Waals surface area contributed by atoms with Gasteiger partial charge in [-0.3, -0.25) is 4.79 Å². The van der Waals surface area contributed by atoms with Gasteiger partial charge in [0.15, 0.2) is 0 Å². The van der Waals surface area contributed by atoms with Gasteiger partial charge in [0, 0.05) is 6.42 Å². The third-order valence-corrected chi connectivity index (χ3v) is 5.63. The number of rotatable bonds is 5. The van der Waals surface area contributed by atoms with Crippen molar-refractivity contribution in [1.82, 2.24) is 0 Å². The van der Waals surface area contributed by atoms with Crippen LogP contribution in [0.4, 0.5) is 0 Å². The number of phenols is 1. The van der Waals surface area contributed by atoms with Gasteiger partial charge in [0.25, 0.3) is 0 Å². The lowest BCUT2D eigenvalue weighted by molar-refractivity contribution is -0.138. The molecule has 0 aromatic heterocycles. The normalized spacial score (nSPS) is 17.0. The first-order valence-electron chi connectivity index (χ1n) is 8.08. The summed E-state index contributed by atoms with van der Waals surface area (Å²) in [6, 6.07) is 3.31. The SMILES string of the molecule is CCCC(=O)N=C1S/C(=C\c2cc(Br)c(O)c(Br)c2)C(O)=C1C(=O)OCC. The number of carbonyl (C=O) groups is 2. The van der Waals surface area contributed by atoms with Crippen LogP contribution >= 0.6 is 43.6 Å². The molecular weight excluding hydrogens is 502 g/mol. The van der Waals surface area contributed by atoms with Gasteiger partial charge in [-0.05, 0) is 69.0 Å². The van der Waals surface area contributed by atoms with Gasteiger partial charge in [-0.25, -0.2) is 9.79 Å². The van der Waals surface area contributed by atoms with Gasteiger partial charge in [-0.2, -0.15) is 0 Å². The number of benzene rings is 1. The standard InChI is InChI=1S/C18H17Br2NO5S/c1-3-5-13(22)21-17-14(18(25)26-4-2)16(24)12(27-17)8-9-6-10(19)15(23)11(20)7-9/h6-8,23-24H,3-5H2,1-2H3/b12-8-,21-17?. The highest BCUT2D eigenvalue weighted by Crippen LogP contribution is 2.40. The molecule has 0 bridgehead atoms. The van der Waals surface area contributed by atoms with Crippen LogP contribution in [0.3, 0.4) is 0 Å². The molecule has 1 amide bonds. The Hall–Kier alpha value is -1.58. The minimum absolute atomic E-state index is 0.0515. The number of hydrogen-bond donors (Lipinski definition) is 2. The van der Waals surface area contributed by atoms with Crippen LogP contribution in [0.1, 0.15) is 32.3 Å². The van der Waals surface area contributed by atoms with Crippen LogP contribution in [-0.2, 0) is 14.3 Å². The van der Waals surface area contributed by atoms with Crippen LogP contribution in [0.2, 0.25) is 0 Å². The molecule has 1 aliphatic rings. The number of thioether (sulfide) groups is 1. The molecule has 0 unspecified atom stereocenters. The van der Waals surface area contributed by atoms with Gasteiger partial charge in [0.05, 0.1) is 20.5 Å². The van der Waals surface area contributed by atoms with E-state index in [2.05, 4.69) is 36.9 Å². The average Bonchev–Trinajstić information content (AvgIpc) is 2.88. The molecule has 1 aliphatic heterocycles. The second-order valence-electron chi connectivity index (χ2n) is 5.45. The Morgan fingerprint density at radius 2 is 1.85 bits per heavy atom. The molecule has 1 heterocycles. The molecule has 0 saturated heterocycles. The fourth-order valence-electron chi connectivity index (χ4n) is 2.19. The second-order valence-corrected chi connectivity index (χ2v) is 8.19. The highest BCUT2D eigenvalue weighted by atomic mass is 79.9. The van der Waals surface area contributed by atoms with E-state index >= 15 is 0 Å². The number of ether oxygens (including phenoxy) is 1. The van der Waals surface area contributed by atoms with Crippen LogP contribution in [0.25, 0.3) is 6.08 Å². The Labute approximate surface area is 177 Å². The summed E-state index contributed by atoms with van der Waals surface area (Å²) in [5, 5.41) is 20.5. The van der Waals surface area contributed by atoms with Gasteiger partial charge >= 0.3 is 5.97 Å². The lowest BCUT2D eigenvalue weighted by atomic mass is 10.1. The second kappa shape index (κ2) is 9.57. The number of aromatic hydroxyl groups is 1. The number of carbonyl (C=O) groups excluding carboxylic acids is 2. The van der Waals surface area contributed by atoms with Crippen LogP contribution in [0, 0.1) is 0 Å². The fraction of sp³-hybridized carbons (Fsp3) is 0.278. The first-order valence-corrected chi connectivity index (χ1v) is 10.5. The van der Waals surface area contributed by atoms with Crippen LogP contribution < -0.4 is 0 Å². The van der Waals surface area contributed by atoms with Crippen molar-refractivity contribution in [2.24, 2.45) is 4.99 Å². The van der Waals surface area contributed by atoms with E-state index in [0.29, 0.717) is 25.8 Å². The molecular formula is C18H17Br2NO5S. The number of phenolic OH excluding ortho intramolecular Hbond substituents is 1. The summed E-state index contributed by atoms with van der Waals surface area (Å²) in [6.07, 6.45) is 2.50. The number of aliphatic imine (C=N–C) groups is 1. The molecule has 0 atom stereocenters. The van der Waals surface area contributed by atoms with Crippen LogP contribution in [-0.4, -0.2) is 33.7 Å². The Morgan fingerprint density at radius 1 is 1.22 bits per heavy atom. The summed E-state index contributed by atoms with van der Waals surface area (Å²) >= 11 is 7.51. The summed E-state index contributed by atoms with van der Waals surface area (Å²) in [5.41, 5.74) is 0.541. The van der Waals surface area contributed by atoms with E-state index in [0.717, 1.165) is 11.8 Å². The number of aliphatic hydroxyl groups excluding tert-OH is 1. The van der Waals surface area contributed by atoms with Gasteiger partial charge in [0.2, 0.25) is 5.91 Å². The minimum Gasteiger partial charge on any atom is -0.506 e. The molecule has 0 spiro atoms. The minimum atomic E-state index is -0.734. The fourth-order valence-corrected chi connectivity index (χ4v) is 4.45. The van der Waals surface area contributed by atoms with Crippen molar-refractivity contribution >= 4 is 66.6 Å². The molecule has 1 aromatic rings. The van der Waals surface area contributed by atoms with Gasteiger partial charge in [0.1, 0.15) is 22.1 Å². The molecule has 27 heavy (non-hydrogen) atoms. The Balaban J connectivity index is 2.49. The summed E-state index contributed by atoms with van der Waals surface area (Å²) in [7, 11) is 0. The zero-order chi connectivity index (χ0) is 20.1. The number of hydrogen-bond acceptors (Lipinski definition) is 6. The molecule has 0 aliphatic carbocycles. The molecule has 0 saturated carbocycles. The zero-order valence-corrected chi connectivity index (χ0v) is 18.6. The Kier molecular flexibility index (Phi) is 7.69. The van der Waals surface area contributed by atoms with Crippen molar-refractivity contribution in [2.45, 2.75) is 26.7 Å². The molecule has 6 nitrogen and oxygen atoms in total. The predicted octanol–water partition coefficient (Wildman–Crippen LogP) is 5.11. The van der Waals surface area contributed by atoms with Crippen LogP contribution in [0.5, 0.6) is 5.75 Å². The molecule has 144 valence electrons. The van der Waals surface area contributed by atoms with Crippen LogP contribution in [0.15, 0.2) is 42.3 Å². The van der Waals surface area contributed by atoms with Gasteiger partial charge in [-0.15, -0.1) is 0 Å². The first-order chi connectivity index (χ1) is 12.8. The molecule has 2 N–H and O–H groups in total. The average molecular weight is 519 g/mol.